The van der Waals surface area contributed by atoms with Crippen LogP contribution in [0.3, 0.4) is 0 Å². The molecule has 0 radical (unpaired) electrons. The van der Waals surface area contributed by atoms with Crippen molar-refractivity contribution in [2.24, 2.45) is 5.92 Å². The van der Waals surface area contributed by atoms with Crippen molar-refractivity contribution in [3.8, 4) is 5.75 Å². The lowest BCUT2D eigenvalue weighted by Gasteiger charge is -2.35. The van der Waals surface area contributed by atoms with Gasteiger partial charge in [0, 0.05) is 5.56 Å². The fraction of sp³-hybridized carbons (Fsp3) is 0.286. The van der Waals surface area contributed by atoms with Gasteiger partial charge in [-0.15, -0.1) is 0 Å². The highest BCUT2D eigenvalue weighted by Gasteiger charge is 2.41. The van der Waals surface area contributed by atoms with E-state index in [4.69, 9.17) is 9.15 Å². The molecule has 2 unspecified atom stereocenters. The van der Waals surface area contributed by atoms with Crippen molar-refractivity contribution in [3.05, 3.63) is 59.1 Å². The number of Topliss-reactive ketones (excluding diaryl/α,β-unsaturated/α-hetero) is 1. The molecule has 5 nitrogen and oxygen atoms in total. The second kappa shape index (κ2) is 6.09. The summed E-state index contributed by atoms with van der Waals surface area (Å²) < 4.78 is 11.3. The van der Waals surface area contributed by atoms with Gasteiger partial charge in [-0.3, -0.25) is 4.79 Å². The minimum absolute atomic E-state index is 0.0574. The predicted molar refractivity (Wildman–Crippen MR) is 101 cm³/mol. The molecule has 1 aliphatic carbocycles. The van der Waals surface area contributed by atoms with Crippen LogP contribution in [0.25, 0.3) is 11.0 Å². The van der Waals surface area contributed by atoms with Gasteiger partial charge in [0.2, 0.25) is 0 Å². The number of hydrogen-bond acceptors (Lipinski definition) is 5. The molecule has 2 heterocycles. The average molecular weight is 351 g/mol. The van der Waals surface area contributed by atoms with E-state index in [-0.39, 0.29) is 11.5 Å². The Hall–Kier alpha value is -2.95. The van der Waals surface area contributed by atoms with Crippen LogP contribution in [-0.4, -0.2) is 24.0 Å². The summed E-state index contributed by atoms with van der Waals surface area (Å²) in [6.45, 7) is 4.06. The fourth-order valence-electron chi connectivity index (χ4n) is 3.74. The second-order valence-electron chi connectivity index (χ2n) is 6.90. The van der Waals surface area contributed by atoms with E-state index in [0.717, 1.165) is 10.9 Å². The van der Waals surface area contributed by atoms with Gasteiger partial charge in [0.1, 0.15) is 17.1 Å². The van der Waals surface area contributed by atoms with E-state index in [2.05, 4.69) is 11.4 Å². The maximum absolute atomic E-state index is 13.3. The first-order chi connectivity index (χ1) is 12.5. The third-order valence-electron chi connectivity index (χ3n) is 4.99. The number of carbonyl (C=O) groups is 1. The van der Waals surface area contributed by atoms with Gasteiger partial charge in [-0.2, -0.15) is 0 Å². The number of fused-ring (bicyclic) bond motifs is 3. The Morgan fingerprint density at radius 1 is 1.42 bits per heavy atom. The zero-order chi connectivity index (χ0) is 18.4. The molecular formula is C21H21NO4. The normalized spacial score (nSPS) is 20.9. The number of carbonyl (C=O) groups excluding carboxylic acids is 1. The zero-order valence-electron chi connectivity index (χ0n) is 15.0. The molecule has 2 aromatic rings. The maximum atomic E-state index is 13.3. The molecule has 1 aromatic carbocycles. The molecule has 26 heavy (non-hydrogen) atoms. The molecule has 134 valence electrons. The van der Waals surface area contributed by atoms with Crippen LogP contribution in [0.15, 0.2) is 52.4 Å². The number of furan rings is 1. The topological polar surface area (TPSA) is 71.7 Å². The molecule has 1 aliphatic heterocycles. The SMILES string of the molecule is COc1c2c(c(CC=C(C)C)c3occc13)NC1C(O)=CC=CC1C2=O. The van der Waals surface area contributed by atoms with E-state index in [9.17, 15) is 9.90 Å². The van der Waals surface area contributed by atoms with Gasteiger partial charge >= 0.3 is 0 Å². The number of aliphatic hydroxyl groups is 1. The van der Waals surface area contributed by atoms with Crippen molar-refractivity contribution in [3.63, 3.8) is 0 Å². The van der Waals surface area contributed by atoms with E-state index >= 15 is 0 Å². The minimum Gasteiger partial charge on any atom is -0.510 e. The second-order valence-corrected chi connectivity index (χ2v) is 6.90. The van der Waals surface area contributed by atoms with Crippen molar-refractivity contribution >= 4 is 22.4 Å². The van der Waals surface area contributed by atoms with E-state index in [1.807, 2.05) is 26.0 Å². The van der Waals surface area contributed by atoms with Crippen LogP contribution >= 0.6 is 0 Å². The number of allylic oxidation sites excluding steroid dienone is 4. The lowest BCUT2D eigenvalue weighted by molar-refractivity contribution is 0.0921. The molecule has 0 saturated heterocycles. The first-order valence-electron chi connectivity index (χ1n) is 8.64. The lowest BCUT2D eigenvalue weighted by atomic mass is 9.80. The van der Waals surface area contributed by atoms with Crippen molar-refractivity contribution in [1.29, 1.82) is 0 Å². The summed E-state index contributed by atoms with van der Waals surface area (Å²) in [6.07, 6.45) is 9.48. The zero-order valence-corrected chi connectivity index (χ0v) is 15.0. The molecule has 2 atom stereocenters. The molecule has 4 rings (SSSR count). The Morgan fingerprint density at radius 2 is 2.23 bits per heavy atom. The molecule has 0 amide bonds. The third kappa shape index (κ3) is 2.35. The van der Waals surface area contributed by atoms with Gasteiger partial charge in [-0.05, 0) is 32.4 Å². The Kier molecular flexibility index (Phi) is 3.87. The Labute approximate surface area is 151 Å². The minimum atomic E-state index is -0.470. The largest absolute Gasteiger partial charge is 0.510 e. The van der Waals surface area contributed by atoms with Crippen LogP contribution < -0.4 is 10.1 Å². The highest BCUT2D eigenvalue weighted by atomic mass is 16.5. The smallest absolute Gasteiger partial charge is 0.178 e. The van der Waals surface area contributed by atoms with Crippen LogP contribution in [0.4, 0.5) is 5.69 Å². The van der Waals surface area contributed by atoms with Gasteiger partial charge in [-0.25, -0.2) is 0 Å². The molecular weight excluding hydrogens is 330 g/mol. The number of nitrogens with one attached hydrogen (secondary N) is 1. The number of benzene rings is 1. The number of rotatable bonds is 3. The number of ketones is 1. The Balaban J connectivity index is 2.01. The molecule has 0 bridgehead atoms. The van der Waals surface area contributed by atoms with Crippen LogP contribution in [-0.2, 0) is 6.42 Å². The van der Waals surface area contributed by atoms with Crippen LogP contribution in [0.5, 0.6) is 5.75 Å². The number of methoxy groups -OCH3 is 1. The highest BCUT2D eigenvalue weighted by Crippen LogP contribution is 2.46. The summed E-state index contributed by atoms with van der Waals surface area (Å²) in [6, 6.07) is 1.36. The molecule has 2 N–H and O–H groups in total. The molecule has 5 heteroatoms. The average Bonchev–Trinajstić information content (AvgIpc) is 3.09. The molecule has 0 spiro atoms. The number of anilines is 1. The first-order valence-corrected chi connectivity index (χ1v) is 8.64. The number of ether oxygens (including phenoxy) is 1. The molecule has 2 aliphatic rings. The van der Waals surface area contributed by atoms with E-state index in [1.54, 1.807) is 25.5 Å². The molecule has 0 fully saturated rings. The Morgan fingerprint density at radius 3 is 2.96 bits per heavy atom. The summed E-state index contributed by atoms with van der Waals surface area (Å²) in [5.41, 5.74) is 3.99. The van der Waals surface area contributed by atoms with Crippen LogP contribution in [0, 0.1) is 5.92 Å². The van der Waals surface area contributed by atoms with Crippen molar-refractivity contribution in [1.82, 2.24) is 0 Å². The Bertz CT molecular complexity index is 989. The molecule has 0 saturated carbocycles. The van der Waals surface area contributed by atoms with E-state index in [0.29, 0.717) is 29.0 Å². The van der Waals surface area contributed by atoms with Crippen molar-refractivity contribution < 1.29 is 19.1 Å². The summed E-state index contributed by atoms with van der Waals surface area (Å²) in [7, 11) is 1.56. The monoisotopic (exact) mass is 351 g/mol. The summed E-state index contributed by atoms with van der Waals surface area (Å²) in [4.78, 5) is 13.3. The number of aliphatic hydroxyl groups excluding tert-OH is 1. The van der Waals surface area contributed by atoms with Gasteiger partial charge < -0.3 is 19.6 Å². The lowest BCUT2D eigenvalue weighted by Crippen LogP contribution is -2.41. The van der Waals surface area contributed by atoms with Crippen LogP contribution in [0.2, 0.25) is 0 Å². The summed E-state index contributed by atoms with van der Waals surface area (Å²) in [5.74, 6) is 0.159. The third-order valence-corrected chi connectivity index (χ3v) is 4.99. The van der Waals surface area contributed by atoms with Gasteiger partial charge in [-0.1, -0.05) is 23.8 Å². The quantitative estimate of drug-likeness (QED) is 0.794. The number of hydrogen-bond donors (Lipinski definition) is 2. The van der Waals surface area contributed by atoms with Crippen molar-refractivity contribution in [2.75, 3.05) is 12.4 Å². The van der Waals surface area contributed by atoms with E-state index < -0.39 is 12.0 Å². The first kappa shape index (κ1) is 16.5. The fourth-order valence-corrected chi connectivity index (χ4v) is 3.74. The van der Waals surface area contributed by atoms with Gasteiger partial charge in [0.05, 0.1) is 42.0 Å². The highest BCUT2D eigenvalue weighted by molar-refractivity contribution is 6.14. The van der Waals surface area contributed by atoms with Gasteiger partial charge in [0.15, 0.2) is 5.78 Å². The predicted octanol–water partition coefficient (Wildman–Crippen LogP) is 4.55. The summed E-state index contributed by atoms with van der Waals surface area (Å²) >= 11 is 0. The molecule has 1 aromatic heterocycles. The van der Waals surface area contributed by atoms with Gasteiger partial charge in [0.25, 0.3) is 0 Å². The van der Waals surface area contributed by atoms with E-state index in [1.165, 1.54) is 5.57 Å². The van der Waals surface area contributed by atoms with Crippen LogP contribution in [0.1, 0.15) is 29.8 Å². The van der Waals surface area contributed by atoms with Crippen molar-refractivity contribution in [2.45, 2.75) is 26.3 Å². The maximum Gasteiger partial charge on any atom is 0.178 e. The summed E-state index contributed by atoms with van der Waals surface area (Å²) in [5, 5.41) is 14.4. The standard InChI is InChI=1S/C21H21NO4/c1-11(2)7-8-13-18-16(21(25-3)14-9-10-26-20(13)14)19(24)12-5-4-6-15(23)17(12)22-18/h4-7,9-10,12,17,22-23H,8H2,1-3H3.